The third-order valence-electron chi connectivity index (χ3n) is 2.72. The van der Waals surface area contributed by atoms with E-state index in [9.17, 15) is 0 Å². The average Bonchev–Trinajstić information content (AvgIpc) is 2.56. The van der Waals surface area contributed by atoms with Crippen LogP contribution in [0.1, 0.15) is 11.1 Å². The molecule has 1 heterocycles. The van der Waals surface area contributed by atoms with Crippen LogP contribution in [0.5, 0.6) is 0 Å². The molecule has 64 valence electrons. The number of dihydropyridines is 1. The van der Waals surface area contributed by atoms with Gasteiger partial charge in [0.15, 0.2) is 0 Å². The molecule has 1 heteroatoms. The van der Waals surface area contributed by atoms with Gasteiger partial charge in [-0.25, -0.2) is 0 Å². The summed E-state index contributed by atoms with van der Waals surface area (Å²) in [4.78, 5) is 0. The van der Waals surface area contributed by atoms with Crippen LogP contribution in [-0.2, 0) is 6.42 Å². The first-order chi connectivity index (χ1) is 6.45. The fourth-order valence-electron chi connectivity index (χ4n) is 2.09. The normalized spacial score (nSPS) is 18.2. The molecule has 0 aromatic heterocycles. The maximum absolute atomic E-state index is 3.42. The zero-order valence-electron chi connectivity index (χ0n) is 7.38. The van der Waals surface area contributed by atoms with Gasteiger partial charge in [-0.3, -0.25) is 0 Å². The zero-order valence-corrected chi connectivity index (χ0v) is 7.38. The first kappa shape index (κ1) is 6.96. The molecule has 2 aliphatic rings. The summed E-state index contributed by atoms with van der Waals surface area (Å²) in [6, 6.07) is 8.64. The van der Waals surface area contributed by atoms with E-state index >= 15 is 0 Å². The van der Waals surface area contributed by atoms with E-state index in [0.29, 0.717) is 0 Å². The van der Waals surface area contributed by atoms with E-state index in [1.165, 1.54) is 22.4 Å². The van der Waals surface area contributed by atoms with Gasteiger partial charge in [-0.2, -0.15) is 0 Å². The van der Waals surface area contributed by atoms with E-state index in [1.807, 2.05) is 0 Å². The molecule has 1 aliphatic heterocycles. The average molecular weight is 169 g/mol. The van der Waals surface area contributed by atoms with Crippen LogP contribution in [0.2, 0.25) is 0 Å². The van der Waals surface area contributed by atoms with Crippen LogP contribution in [0.15, 0.2) is 42.1 Å². The second-order valence-electron chi connectivity index (χ2n) is 3.51. The van der Waals surface area contributed by atoms with Crippen molar-refractivity contribution in [3.63, 3.8) is 0 Å². The topological polar surface area (TPSA) is 12.0 Å². The Bertz CT molecular complexity index is 413. The van der Waals surface area contributed by atoms with Crippen LogP contribution in [0, 0.1) is 0 Å². The van der Waals surface area contributed by atoms with Gasteiger partial charge >= 0.3 is 0 Å². The Morgan fingerprint density at radius 3 is 3.08 bits per heavy atom. The van der Waals surface area contributed by atoms with Crippen molar-refractivity contribution in [2.45, 2.75) is 6.42 Å². The SMILES string of the molecule is C1=CC2=C(Cc3ccccc32)NC1. The Morgan fingerprint density at radius 2 is 2.08 bits per heavy atom. The first-order valence-corrected chi connectivity index (χ1v) is 4.67. The lowest BCUT2D eigenvalue weighted by Crippen LogP contribution is -2.16. The third kappa shape index (κ3) is 0.934. The van der Waals surface area contributed by atoms with Gasteiger partial charge in [0.2, 0.25) is 0 Å². The number of hydrogen-bond donors (Lipinski definition) is 1. The van der Waals surface area contributed by atoms with Gasteiger partial charge in [0.05, 0.1) is 0 Å². The van der Waals surface area contributed by atoms with E-state index in [2.05, 4.69) is 41.7 Å². The highest BCUT2D eigenvalue weighted by atomic mass is 14.9. The third-order valence-corrected chi connectivity index (χ3v) is 2.72. The van der Waals surface area contributed by atoms with Crippen molar-refractivity contribution in [3.8, 4) is 0 Å². The van der Waals surface area contributed by atoms with Crippen LogP contribution in [0.25, 0.3) is 5.57 Å². The van der Waals surface area contributed by atoms with Crippen molar-refractivity contribution < 1.29 is 0 Å². The number of fused-ring (bicyclic) bond motifs is 2. The molecule has 1 N–H and O–H groups in total. The van der Waals surface area contributed by atoms with Gasteiger partial charge in [-0.05, 0) is 11.1 Å². The minimum Gasteiger partial charge on any atom is -0.384 e. The molecule has 1 nitrogen and oxygen atoms in total. The minimum atomic E-state index is 0.979. The zero-order chi connectivity index (χ0) is 8.67. The number of benzene rings is 1. The van der Waals surface area contributed by atoms with E-state index in [0.717, 1.165) is 13.0 Å². The summed E-state index contributed by atoms with van der Waals surface area (Å²) in [5.74, 6) is 0. The summed E-state index contributed by atoms with van der Waals surface area (Å²) in [5.41, 5.74) is 5.64. The monoisotopic (exact) mass is 169 g/mol. The lowest BCUT2D eigenvalue weighted by molar-refractivity contribution is 0.867. The Morgan fingerprint density at radius 1 is 1.15 bits per heavy atom. The summed E-state index contributed by atoms with van der Waals surface area (Å²) < 4.78 is 0. The Hall–Kier alpha value is -1.50. The Balaban J connectivity index is 2.18. The maximum Gasteiger partial charge on any atom is 0.0331 e. The van der Waals surface area contributed by atoms with Gasteiger partial charge in [0, 0.05) is 24.2 Å². The molecule has 0 atom stereocenters. The highest BCUT2D eigenvalue weighted by Crippen LogP contribution is 2.33. The quantitative estimate of drug-likeness (QED) is 0.627. The highest BCUT2D eigenvalue weighted by Gasteiger charge is 2.19. The molecule has 1 aliphatic carbocycles. The Labute approximate surface area is 77.8 Å². The van der Waals surface area contributed by atoms with Gasteiger partial charge < -0.3 is 5.32 Å². The van der Waals surface area contributed by atoms with E-state index in [-0.39, 0.29) is 0 Å². The van der Waals surface area contributed by atoms with Gasteiger partial charge in [0.25, 0.3) is 0 Å². The molecule has 3 rings (SSSR count). The summed E-state index contributed by atoms with van der Waals surface area (Å²) in [6.45, 7) is 0.979. The molecule has 1 aromatic carbocycles. The lowest BCUT2D eigenvalue weighted by atomic mass is 10.1. The molecule has 0 radical (unpaired) electrons. The van der Waals surface area contributed by atoms with Crippen molar-refractivity contribution in [2.75, 3.05) is 6.54 Å². The van der Waals surface area contributed by atoms with Gasteiger partial charge in [0.1, 0.15) is 0 Å². The number of nitrogens with one attached hydrogen (secondary N) is 1. The molecule has 0 bridgehead atoms. The number of allylic oxidation sites excluding steroid dienone is 3. The number of hydrogen-bond acceptors (Lipinski definition) is 1. The second kappa shape index (κ2) is 2.49. The molecule has 0 saturated heterocycles. The Kier molecular flexibility index (Phi) is 1.33. The van der Waals surface area contributed by atoms with Crippen LogP contribution >= 0.6 is 0 Å². The molecule has 0 amide bonds. The van der Waals surface area contributed by atoms with Gasteiger partial charge in [-0.15, -0.1) is 0 Å². The fourth-order valence-corrected chi connectivity index (χ4v) is 2.09. The second-order valence-corrected chi connectivity index (χ2v) is 3.51. The van der Waals surface area contributed by atoms with Gasteiger partial charge in [-0.1, -0.05) is 36.4 Å². The largest absolute Gasteiger partial charge is 0.384 e. The summed E-state index contributed by atoms with van der Waals surface area (Å²) in [5, 5.41) is 3.42. The van der Waals surface area contributed by atoms with Crippen molar-refractivity contribution in [1.82, 2.24) is 5.32 Å². The molecule has 0 saturated carbocycles. The summed E-state index contributed by atoms with van der Waals surface area (Å²) >= 11 is 0. The standard InChI is InChI=1S/C12H11N/c1-2-5-10-9(4-1)8-12-11(10)6-3-7-13-12/h1-6,13H,7-8H2. The number of rotatable bonds is 0. The van der Waals surface area contributed by atoms with Crippen molar-refractivity contribution in [3.05, 3.63) is 53.2 Å². The lowest BCUT2D eigenvalue weighted by Gasteiger charge is -2.10. The van der Waals surface area contributed by atoms with Crippen LogP contribution in [0.3, 0.4) is 0 Å². The summed E-state index contributed by atoms with van der Waals surface area (Å²) in [6.07, 6.45) is 5.49. The molecule has 0 spiro atoms. The van der Waals surface area contributed by atoms with E-state index in [4.69, 9.17) is 0 Å². The highest BCUT2D eigenvalue weighted by molar-refractivity contribution is 5.83. The van der Waals surface area contributed by atoms with Crippen molar-refractivity contribution in [2.24, 2.45) is 0 Å². The van der Waals surface area contributed by atoms with E-state index < -0.39 is 0 Å². The predicted molar refractivity (Wildman–Crippen MR) is 54.2 cm³/mol. The molecular weight excluding hydrogens is 158 g/mol. The molecular formula is C12H11N. The van der Waals surface area contributed by atoms with Crippen LogP contribution in [-0.4, -0.2) is 6.54 Å². The van der Waals surface area contributed by atoms with Crippen LogP contribution < -0.4 is 5.32 Å². The smallest absolute Gasteiger partial charge is 0.0331 e. The molecule has 1 aromatic rings. The van der Waals surface area contributed by atoms with Crippen molar-refractivity contribution >= 4 is 5.57 Å². The summed E-state index contributed by atoms with van der Waals surface area (Å²) in [7, 11) is 0. The predicted octanol–water partition coefficient (Wildman–Crippen LogP) is 2.11. The van der Waals surface area contributed by atoms with Crippen LogP contribution in [0.4, 0.5) is 0 Å². The fraction of sp³-hybridized carbons (Fsp3) is 0.167. The maximum atomic E-state index is 3.42. The molecule has 0 fully saturated rings. The minimum absolute atomic E-state index is 0.979. The molecule has 13 heavy (non-hydrogen) atoms. The first-order valence-electron chi connectivity index (χ1n) is 4.67. The molecule has 0 unspecified atom stereocenters. The van der Waals surface area contributed by atoms with Crippen molar-refractivity contribution in [1.29, 1.82) is 0 Å². The van der Waals surface area contributed by atoms with E-state index in [1.54, 1.807) is 0 Å².